The Labute approximate surface area is 106 Å². The van der Waals surface area contributed by atoms with Gasteiger partial charge in [0.05, 0.1) is 6.61 Å². The van der Waals surface area contributed by atoms with Crippen molar-refractivity contribution in [1.29, 1.82) is 0 Å². The Hall–Kier alpha value is -2.08. The fraction of sp³-hybridized carbons (Fsp3) is 0.333. The molecule has 18 heavy (non-hydrogen) atoms. The molecule has 0 saturated carbocycles. The molecule has 2 N–H and O–H groups in total. The smallest absolute Gasteiger partial charge is 0.321 e. The summed E-state index contributed by atoms with van der Waals surface area (Å²) < 4.78 is 0. The van der Waals surface area contributed by atoms with Crippen molar-refractivity contribution < 1.29 is 14.7 Å². The standard InChI is InChI=1S/C12H17N3O3/c1-14(2)12(18)13-10-3-5-11(6-4-10)15(9-17)7-8-16/h3-6,9,16H,7-8H2,1-2H3,(H,13,18). The van der Waals surface area contributed by atoms with Gasteiger partial charge >= 0.3 is 6.03 Å². The molecule has 0 fully saturated rings. The zero-order chi connectivity index (χ0) is 13.5. The first-order chi connectivity index (χ1) is 8.58. The van der Waals surface area contributed by atoms with Gasteiger partial charge in [0.25, 0.3) is 0 Å². The SMILES string of the molecule is CN(C)C(=O)Nc1ccc(N(C=O)CCO)cc1. The molecular weight excluding hydrogens is 234 g/mol. The van der Waals surface area contributed by atoms with Crippen LogP contribution in [0, 0.1) is 0 Å². The number of anilines is 2. The van der Waals surface area contributed by atoms with Crippen molar-refractivity contribution in [1.82, 2.24) is 4.90 Å². The fourth-order valence-corrected chi connectivity index (χ4v) is 1.32. The van der Waals surface area contributed by atoms with E-state index in [-0.39, 0.29) is 19.2 Å². The summed E-state index contributed by atoms with van der Waals surface area (Å²) in [5.74, 6) is 0. The van der Waals surface area contributed by atoms with Crippen molar-refractivity contribution in [2.75, 3.05) is 37.5 Å². The van der Waals surface area contributed by atoms with Gasteiger partial charge in [-0.05, 0) is 24.3 Å². The lowest BCUT2D eigenvalue weighted by Gasteiger charge is -2.17. The van der Waals surface area contributed by atoms with Gasteiger partial charge in [0.15, 0.2) is 0 Å². The topological polar surface area (TPSA) is 72.9 Å². The minimum atomic E-state index is -0.217. The van der Waals surface area contributed by atoms with Crippen molar-refractivity contribution >= 4 is 23.8 Å². The van der Waals surface area contributed by atoms with Crippen LogP contribution in [0.3, 0.4) is 0 Å². The molecule has 0 saturated heterocycles. The van der Waals surface area contributed by atoms with Gasteiger partial charge in [-0.3, -0.25) is 4.79 Å². The van der Waals surface area contributed by atoms with Crippen LogP contribution in [-0.2, 0) is 4.79 Å². The molecule has 0 unspecified atom stereocenters. The molecule has 1 aromatic carbocycles. The number of nitrogens with one attached hydrogen (secondary N) is 1. The molecule has 3 amide bonds. The van der Waals surface area contributed by atoms with Crippen LogP contribution in [0.25, 0.3) is 0 Å². The second kappa shape index (κ2) is 6.61. The summed E-state index contributed by atoms with van der Waals surface area (Å²) in [6.45, 7) is 0.144. The van der Waals surface area contributed by atoms with Crippen LogP contribution in [0.5, 0.6) is 0 Å². The first kappa shape index (κ1) is 14.0. The predicted octanol–water partition coefficient (Wildman–Crippen LogP) is 0.735. The summed E-state index contributed by atoms with van der Waals surface area (Å²) in [7, 11) is 3.30. The number of carbonyl (C=O) groups excluding carboxylic acids is 2. The first-order valence-corrected chi connectivity index (χ1v) is 5.49. The van der Waals surface area contributed by atoms with E-state index in [0.29, 0.717) is 17.8 Å². The summed E-state index contributed by atoms with van der Waals surface area (Å²) in [5, 5.41) is 11.5. The molecule has 0 atom stereocenters. The molecule has 0 radical (unpaired) electrons. The summed E-state index contributed by atoms with van der Waals surface area (Å²) in [6.07, 6.45) is 0.656. The van der Waals surface area contributed by atoms with Crippen molar-refractivity contribution in [3.63, 3.8) is 0 Å². The van der Waals surface area contributed by atoms with E-state index in [1.165, 1.54) is 9.80 Å². The quantitative estimate of drug-likeness (QED) is 0.758. The largest absolute Gasteiger partial charge is 0.395 e. The second-order valence-corrected chi connectivity index (χ2v) is 3.89. The highest BCUT2D eigenvalue weighted by Crippen LogP contribution is 2.16. The lowest BCUT2D eigenvalue weighted by Crippen LogP contribution is -2.27. The summed E-state index contributed by atoms with van der Waals surface area (Å²) in [4.78, 5) is 25.0. The molecule has 6 nitrogen and oxygen atoms in total. The summed E-state index contributed by atoms with van der Waals surface area (Å²) >= 11 is 0. The molecule has 6 heteroatoms. The summed E-state index contributed by atoms with van der Waals surface area (Å²) in [6, 6.07) is 6.59. The molecule has 0 spiro atoms. The van der Waals surface area contributed by atoms with E-state index in [1.807, 2.05) is 0 Å². The number of hydrogen-bond acceptors (Lipinski definition) is 3. The average Bonchev–Trinajstić information content (AvgIpc) is 2.37. The molecule has 0 aliphatic rings. The van der Waals surface area contributed by atoms with E-state index >= 15 is 0 Å². The van der Waals surface area contributed by atoms with Crippen LogP contribution >= 0.6 is 0 Å². The van der Waals surface area contributed by atoms with Crippen molar-refractivity contribution in [3.8, 4) is 0 Å². The number of carbonyl (C=O) groups is 2. The van der Waals surface area contributed by atoms with Gasteiger partial charge in [-0.25, -0.2) is 4.79 Å². The van der Waals surface area contributed by atoms with Crippen LogP contribution in [0.15, 0.2) is 24.3 Å². The monoisotopic (exact) mass is 251 g/mol. The number of benzene rings is 1. The fourth-order valence-electron chi connectivity index (χ4n) is 1.32. The number of nitrogens with zero attached hydrogens (tertiary/aromatic N) is 2. The highest BCUT2D eigenvalue weighted by Gasteiger charge is 2.06. The number of rotatable bonds is 5. The zero-order valence-corrected chi connectivity index (χ0v) is 10.5. The lowest BCUT2D eigenvalue weighted by molar-refractivity contribution is -0.107. The summed E-state index contributed by atoms with van der Waals surface area (Å²) in [5.41, 5.74) is 1.31. The van der Waals surface area contributed by atoms with Crippen LogP contribution in [0.4, 0.5) is 16.2 Å². The zero-order valence-electron chi connectivity index (χ0n) is 10.5. The maximum absolute atomic E-state index is 11.4. The van der Waals surface area contributed by atoms with Gasteiger partial charge in [-0.2, -0.15) is 0 Å². The minimum Gasteiger partial charge on any atom is -0.395 e. The Morgan fingerprint density at radius 3 is 2.39 bits per heavy atom. The van der Waals surface area contributed by atoms with E-state index in [9.17, 15) is 9.59 Å². The van der Waals surface area contributed by atoms with E-state index in [4.69, 9.17) is 5.11 Å². The Balaban J connectivity index is 2.73. The van der Waals surface area contributed by atoms with Gasteiger partial charge in [0.2, 0.25) is 6.41 Å². The van der Waals surface area contributed by atoms with E-state index in [2.05, 4.69) is 5.32 Å². The normalized spacial score (nSPS) is 9.72. The van der Waals surface area contributed by atoms with Gasteiger partial charge in [-0.1, -0.05) is 0 Å². The third-order valence-electron chi connectivity index (χ3n) is 2.32. The van der Waals surface area contributed by atoms with Crippen molar-refractivity contribution in [2.24, 2.45) is 0 Å². The van der Waals surface area contributed by atoms with Crippen LogP contribution in [0.2, 0.25) is 0 Å². The van der Waals surface area contributed by atoms with Crippen molar-refractivity contribution in [3.05, 3.63) is 24.3 Å². The highest BCUT2D eigenvalue weighted by atomic mass is 16.3. The number of aliphatic hydroxyl groups is 1. The second-order valence-electron chi connectivity index (χ2n) is 3.89. The number of aliphatic hydroxyl groups excluding tert-OH is 1. The molecule has 0 aromatic heterocycles. The Morgan fingerprint density at radius 1 is 1.33 bits per heavy atom. The van der Waals surface area contributed by atoms with E-state index in [1.54, 1.807) is 38.4 Å². The third-order valence-corrected chi connectivity index (χ3v) is 2.32. The molecular formula is C12H17N3O3. The minimum absolute atomic E-state index is 0.0993. The predicted molar refractivity (Wildman–Crippen MR) is 69.6 cm³/mol. The third kappa shape index (κ3) is 3.74. The Kier molecular flexibility index (Phi) is 5.13. The molecule has 0 bridgehead atoms. The number of hydrogen-bond donors (Lipinski definition) is 2. The van der Waals surface area contributed by atoms with E-state index < -0.39 is 0 Å². The van der Waals surface area contributed by atoms with Gasteiger partial charge in [0, 0.05) is 32.0 Å². The molecule has 0 aliphatic carbocycles. The number of amides is 3. The molecule has 0 aliphatic heterocycles. The first-order valence-electron chi connectivity index (χ1n) is 5.49. The van der Waals surface area contributed by atoms with Gasteiger partial charge < -0.3 is 20.2 Å². The maximum atomic E-state index is 11.4. The van der Waals surface area contributed by atoms with E-state index in [0.717, 1.165) is 0 Å². The van der Waals surface area contributed by atoms with Gasteiger partial charge in [-0.15, -0.1) is 0 Å². The van der Waals surface area contributed by atoms with Crippen LogP contribution in [-0.4, -0.2) is 49.7 Å². The molecule has 1 aromatic rings. The molecule has 1 rings (SSSR count). The van der Waals surface area contributed by atoms with Crippen molar-refractivity contribution in [2.45, 2.75) is 0 Å². The maximum Gasteiger partial charge on any atom is 0.321 e. The van der Waals surface area contributed by atoms with Crippen LogP contribution in [0.1, 0.15) is 0 Å². The molecule has 98 valence electrons. The average molecular weight is 251 g/mol. The molecule has 0 heterocycles. The lowest BCUT2D eigenvalue weighted by atomic mass is 10.2. The van der Waals surface area contributed by atoms with Gasteiger partial charge in [0.1, 0.15) is 0 Å². The Morgan fingerprint density at radius 2 is 1.94 bits per heavy atom. The Bertz CT molecular complexity index is 404. The van der Waals surface area contributed by atoms with Crippen LogP contribution < -0.4 is 10.2 Å². The number of urea groups is 1. The highest BCUT2D eigenvalue weighted by molar-refractivity contribution is 5.89.